The molecule has 3 rings (SSSR count). The molecule has 0 aliphatic heterocycles. The van der Waals surface area contributed by atoms with Crippen LogP contribution in [0.4, 0.5) is 4.79 Å². The van der Waals surface area contributed by atoms with Gasteiger partial charge in [0.2, 0.25) is 17.7 Å². The minimum absolute atomic E-state index is 0.0218. The van der Waals surface area contributed by atoms with Crippen LogP contribution in [-0.4, -0.2) is 90.4 Å². The van der Waals surface area contributed by atoms with E-state index in [0.29, 0.717) is 5.56 Å². The number of amides is 4. The number of sulfone groups is 1. The molecule has 4 atom stereocenters. The first-order valence-corrected chi connectivity index (χ1v) is 22.0. The number of fused-ring (bicyclic) bond motifs is 1. The van der Waals surface area contributed by atoms with Crippen molar-refractivity contribution < 1.29 is 51.4 Å². The fourth-order valence-corrected chi connectivity index (χ4v) is 6.64. The maximum Gasteiger partial charge on any atom is 0.408 e. The van der Waals surface area contributed by atoms with Crippen molar-refractivity contribution >= 4 is 56.5 Å². The number of nitrogens with one attached hydrogen (secondary N) is 4. The Hall–Kier alpha value is -5.71. The number of carbonyl (C=O) groups is 6. The van der Waals surface area contributed by atoms with Gasteiger partial charge in [0, 0.05) is 35.8 Å². The molecule has 2 aromatic carbocycles. The smallest absolute Gasteiger partial charge is 0.408 e. The van der Waals surface area contributed by atoms with Gasteiger partial charge in [-0.1, -0.05) is 68.5 Å². The zero-order valence-electron chi connectivity index (χ0n) is 36.7. The maximum atomic E-state index is 14.3. The number of hydrogen-bond donors (Lipinski definition) is 4. The van der Waals surface area contributed by atoms with Crippen LogP contribution in [0.3, 0.4) is 0 Å². The minimum Gasteiger partial charge on any atom is -0.460 e. The number of benzene rings is 2. The highest BCUT2D eigenvalue weighted by Crippen LogP contribution is 2.22. The first-order chi connectivity index (χ1) is 28.3. The summed E-state index contributed by atoms with van der Waals surface area (Å²) in [5, 5.41) is 12.3. The second-order valence-electron chi connectivity index (χ2n) is 17.2. The third kappa shape index (κ3) is 17.8. The van der Waals surface area contributed by atoms with E-state index in [0.717, 1.165) is 34.2 Å². The molecule has 0 bridgehead atoms. The Morgan fingerprint density at radius 3 is 1.90 bits per heavy atom. The highest BCUT2D eigenvalue weighted by Gasteiger charge is 2.34. The van der Waals surface area contributed by atoms with Crippen molar-refractivity contribution in [3.8, 4) is 0 Å². The molecule has 0 fully saturated rings. The van der Waals surface area contributed by atoms with E-state index in [4.69, 9.17) is 14.2 Å². The van der Waals surface area contributed by atoms with Crippen molar-refractivity contribution in [2.45, 2.75) is 123 Å². The van der Waals surface area contributed by atoms with Crippen molar-refractivity contribution in [3.63, 3.8) is 0 Å². The summed E-state index contributed by atoms with van der Waals surface area (Å²) in [5.41, 5.74) is 0.739. The Morgan fingerprint density at radius 1 is 0.738 bits per heavy atom. The Balaban J connectivity index is 1.94. The first kappa shape index (κ1) is 49.7. The van der Waals surface area contributed by atoms with Crippen molar-refractivity contribution in [2.75, 3.05) is 6.26 Å². The number of aromatic nitrogens is 1. The van der Waals surface area contributed by atoms with E-state index >= 15 is 0 Å². The first-order valence-electron chi connectivity index (χ1n) is 20.0. The second kappa shape index (κ2) is 21.7. The van der Waals surface area contributed by atoms with E-state index in [-0.39, 0.29) is 19.4 Å². The summed E-state index contributed by atoms with van der Waals surface area (Å²) in [4.78, 5) is 81.0. The zero-order valence-corrected chi connectivity index (χ0v) is 37.5. The lowest BCUT2D eigenvalue weighted by molar-refractivity contribution is -0.157. The van der Waals surface area contributed by atoms with Gasteiger partial charge in [0.1, 0.15) is 35.9 Å². The van der Waals surface area contributed by atoms with Gasteiger partial charge in [-0.2, -0.15) is 0 Å². The molecule has 17 heteroatoms. The lowest BCUT2D eigenvalue weighted by Gasteiger charge is -2.28. The summed E-state index contributed by atoms with van der Waals surface area (Å²) in [5.74, 6) is -4.43. The highest BCUT2D eigenvalue weighted by atomic mass is 32.2. The number of para-hydroxylation sites is 1. The standard InChI is InChI=1S/C44H61N5O11S/c1-28(2)38(41(54)45-31(22-23-61(10,56)57)24-36(50)59-43(3,4)5)48-39(52)33(21-20-30-26-49(9)35-19-15-14-18-32(30)35)46-40(53)34(25-37(51)60-44(6,7)8)47-42(55)58-27-29-16-12-11-13-17-29/h11-19,22-23,26,28,31,33-34,38H,20-21,24-25,27H2,1-10H3,(H,45,54)(H,46,53)(H,47,55)(H,48,52)/b23-22+/t31-,33+,34+,38+/m1/s1. The number of rotatable bonds is 19. The molecule has 0 radical (unpaired) electrons. The molecular formula is C44H61N5O11S. The summed E-state index contributed by atoms with van der Waals surface area (Å²) in [6.45, 7) is 13.2. The van der Waals surface area contributed by atoms with Gasteiger partial charge in [-0.3, -0.25) is 24.0 Å². The van der Waals surface area contributed by atoms with Crippen LogP contribution < -0.4 is 21.3 Å². The van der Waals surface area contributed by atoms with Gasteiger partial charge in [-0.05, 0) is 77.5 Å². The number of esters is 2. The molecule has 4 amide bonds. The number of ether oxygens (including phenoxy) is 3. The van der Waals surface area contributed by atoms with Crippen LogP contribution in [0.2, 0.25) is 0 Å². The number of alkyl carbamates (subject to hydrolysis) is 1. The third-order valence-corrected chi connectivity index (χ3v) is 9.52. The van der Waals surface area contributed by atoms with Gasteiger partial charge < -0.3 is 40.0 Å². The molecule has 16 nitrogen and oxygen atoms in total. The summed E-state index contributed by atoms with van der Waals surface area (Å²) >= 11 is 0. The van der Waals surface area contributed by atoms with Crippen LogP contribution in [0, 0.1) is 5.92 Å². The van der Waals surface area contributed by atoms with Gasteiger partial charge >= 0.3 is 18.0 Å². The van der Waals surface area contributed by atoms with Crippen LogP contribution in [-0.2, 0) is 68.1 Å². The summed E-state index contributed by atoms with van der Waals surface area (Å²) in [6, 6.07) is 11.3. The highest BCUT2D eigenvalue weighted by molar-refractivity contribution is 7.93. The van der Waals surface area contributed by atoms with E-state index in [1.165, 1.54) is 0 Å². The van der Waals surface area contributed by atoms with Crippen molar-refractivity contribution in [2.24, 2.45) is 13.0 Å². The van der Waals surface area contributed by atoms with Gasteiger partial charge in [-0.25, -0.2) is 13.2 Å². The van der Waals surface area contributed by atoms with Crippen LogP contribution in [0.5, 0.6) is 0 Å². The van der Waals surface area contributed by atoms with Gasteiger partial charge in [0.15, 0.2) is 9.84 Å². The molecule has 0 unspecified atom stereocenters. The molecule has 1 heterocycles. The Kier molecular flexibility index (Phi) is 17.7. The van der Waals surface area contributed by atoms with E-state index < -0.39 is 99.7 Å². The molecule has 0 spiro atoms. The number of aryl methyl sites for hydroxylation is 2. The summed E-state index contributed by atoms with van der Waals surface area (Å²) < 4.78 is 42.1. The average molecular weight is 868 g/mol. The average Bonchev–Trinajstić information content (AvgIpc) is 3.46. The molecule has 4 N–H and O–H groups in total. The predicted octanol–water partition coefficient (Wildman–Crippen LogP) is 4.54. The summed E-state index contributed by atoms with van der Waals surface area (Å²) in [7, 11) is -1.77. The van der Waals surface area contributed by atoms with Gasteiger partial charge in [0.05, 0.1) is 18.9 Å². The molecular weight excluding hydrogens is 807 g/mol. The molecule has 0 saturated carbocycles. The Morgan fingerprint density at radius 2 is 1.31 bits per heavy atom. The van der Waals surface area contributed by atoms with Crippen molar-refractivity contribution in [1.82, 2.24) is 25.8 Å². The molecule has 0 aliphatic carbocycles. The molecule has 1 aromatic heterocycles. The van der Waals surface area contributed by atoms with E-state index in [1.54, 1.807) is 85.7 Å². The largest absolute Gasteiger partial charge is 0.460 e. The minimum atomic E-state index is -3.65. The Bertz CT molecular complexity index is 2150. The third-order valence-electron chi connectivity index (χ3n) is 8.87. The molecule has 0 aliphatic rings. The van der Waals surface area contributed by atoms with Gasteiger partial charge in [0.25, 0.3) is 0 Å². The van der Waals surface area contributed by atoms with Crippen LogP contribution in [0.1, 0.15) is 85.8 Å². The molecule has 3 aromatic rings. The molecule has 0 saturated heterocycles. The van der Waals surface area contributed by atoms with E-state index in [1.807, 2.05) is 42.1 Å². The second-order valence-corrected chi connectivity index (χ2v) is 19.2. The fourth-order valence-electron chi connectivity index (χ4n) is 6.16. The van der Waals surface area contributed by atoms with Crippen LogP contribution >= 0.6 is 0 Å². The van der Waals surface area contributed by atoms with Gasteiger partial charge in [-0.15, -0.1) is 0 Å². The summed E-state index contributed by atoms with van der Waals surface area (Å²) in [6.07, 6.45) is 2.34. The van der Waals surface area contributed by atoms with Crippen molar-refractivity contribution in [1.29, 1.82) is 0 Å². The monoisotopic (exact) mass is 867 g/mol. The van der Waals surface area contributed by atoms with Crippen LogP contribution in [0.25, 0.3) is 10.9 Å². The van der Waals surface area contributed by atoms with Crippen molar-refractivity contribution in [3.05, 3.63) is 83.4 Å². The number of nitrogens with zero attached hydrogens (tertiary/aromatic N) is 1. The maximum absolute atomic E-state index is 14.3. The quantitative estimate of drug-likeness (QED) is 0.0969. The topological polar surface area (TPSA) is 217 Å². The SMILES string of the molecule is CC(C)[C@H](NC(=O)[C@H](CCc1cn(C)c2ccccc12)NC(=O)[C@H](CC(=O)OC(C)(C)C)NC(=O)OCc1ccccc1)C(=O)N[C@H](/C=C/S(C)(=O)=O)CC(=O)OC(C)(C)C. The normalized spacial score (nSPS) is 14.1. The molecule has 334 valence electrons. The molecule has 61 heavy (non-hydrogen) atoms. The lowest BCUT2D eigenvalue weighted by Crippen LogP contribution is -2.58. The number of carbonyl (C=O) groups excluding carboxylic acids is 6. The lowest BCUT2D eigenvalue weighted by atomic mass is 10.00. The number of hydrogen-bond acceptors (Lipinski definition) is 11. The van der Waals surface area contributed by atoms with E-state index in [9.17, 15) is 37.2 Å². The fraction of sp³-hybridized carbons (Fsp3) is 0.500. The zero-order chi connectivity index (χ0) is 45.7. The van der Waals surface area contributed by atoms with Crippen LogP contribution in [0.15, 0.2) is 72.3 Å². The Labute approximate surface area is 358 Å². The predicted molar refractivity (Wildman–Crippen MR) is 230 cm³/mol. The van der Waals surface area contributed by atoms with E-state index in [2.05, 4.69) is 21.3 Å².